The topological polar surface area (TPSA) is 3.24 Å². The van der Waals surface area contributed by atoms with Gasteiger partial charge in [-0.25, -0.2) is 0 Å². The monoisotopic (exact) mass is 709 g/mol. The third-order valence-electron chi connectivity index (χ3n) is 10.7. The third kappa shape index (κ3) is 8.53. The quantitative estimate of drug-likeness (QED) is 0.101. The van der Waals surface area contributed by atoms with E-state index in [2.05, 4.69) is 219 Å². The molecule has 0 saturated heterocycles. The standard InChI is InChI=1S/C54H47N/c1-40-20-28-47(29-21-40)53(45-14-5-3-6-15-45)19-11-12-42-24-33-50(34-25-42)55(52-37-32-44-13-9-10-18-49(44)39-52)51-35-26-43(27-36-51)38-54(46-16-7-4-8-17-46)48-30-22-41(2)23-31-48/h3-8,11-12,14-17,19-39H,9-10,13,18H2,1-2H3. The van der Waals surface area contributed by atoms with Crippen LogP contribution in [0.15, 0.2) is 188 Å². The minimum absolute atomic E-state index is 1.14. The van der Waals surface area contributed by atoms with E-state index in [0.29, 0.717) is 0 Å². The molecule has 55 heavy (non-hydrogen) atoms. The smallest absolute Gasteiger partial charge is 0.0464 e. The highest BCUT2D eigenvalue weighted by Crippen LogP contribution is 2.38. The van der Waals surface area contributed by atoms with Crippen LogP contribution in [-0.2, 0) is 12.8 Å². The molecule has 7 aromatic carbocycles. The molecule has 0 aromatic heterocycles. The maximum atomic E-state index is 2.42. The number of hydrogen-bond acceptors (Lipinski definition) is 1. The molecule has 0 atom stereocenters. The third-order valence-corrected chi connectivity index (χ3v) is 10.7. The molecule has 0 saturated carbocycles. The van der Waals surface area contributed by atoms with Gasteiger partial charge in [0.25, 0.3) is 0 Å². The molecule has 0 radical (unpaired) electrons. The number of allylic oxidation sites excluding steroid dienone is 2. The van der Waals surface area contributed by atoms with Crippen molar-refractivity contribution in [2.24, 2.45) is 0 Å². The molecule has 0 spiro atoms. The van der Waals surface area contributed by atoms with Gasteiger partial charge in [0.15, 0.2) is 0 Å². The predicted octanol–water partition coefficient (Wildman–Crippen LogP) is 14.4. The van der Waals surface area contributed by atoms with Crippen molar-refractivity contribution in [2.45, 2.75) is 39.5 Å². The number of hydrogen-bond donors (Lipinski definition) is 0. The predicted molar refractivity (Wildman–Crippen MR) is 236 cm³/mol. The van der Waals surface area contributed by atoms with Crippen molar-refractivity contribution in [3.8, 4) is 0 Å². The molecule has 0 aliphatic heterocycles. The molecule has 0 unspecified atom stereocenters. The fourth-order valence-corrected chi connectivity index (χ4v) is 7.58. The summed E-state index contributed by atoms with van der Waals surface area (Å²) in [6.07, 6.45) is 13.8. The lowest BCUT2D eigenvalue weighted by atomic mass is 9.91. The average molecular weight is 710 g/mol. The fourth-order valence-electron chi connectivity index (χ4n) is 7.58. The Morgan fingerprint density at radius 3 is 1.49 bits per heavy atom. The Morgan fingerprint density at radius 1 is 0.436 bits per heavy atom. The van der Waals surface area contributed by atoms with Crippen LogP contribution in [0.2, 0.25) is 0 Å². The van der Waals surface area contributed by atoms with Gasteiger partial charge in [-0.05, 0) is 138 Å². The Kier molecular flexibility index (Phi) is 10.8. The lowest BCUT2D eigenvalue weighted by molar-refractivity contribution is 0.685. The highest BCUT2D eigenvalue weighted by atomic mass is 15.1. The molecule has 268 valence electrons. The first-order chi connectivity index (χ1) is 27.1. The molecule has 1 nitrogen and oxygen atoms in total. The molecule has 1 aliphatic rings. The van der Waals surface area contributed by atoms with Gasteiger partial charge in [-0.15, -0.1) is 0 Å². The Hall–Kier alpha value is -6.44. The van der Waals surface area contributed by atoms with E-state index in [1.54, 1.807) is 0 Å². The summed E-state index contributed by atoms with van der Waals surface area (Å²) in [6.45, 7) is 4.27. The van der Waals surface area contributed by atoms with E-state index in [9.17, 15) is 0 Å². The van der Waals surface area contributed by atoms with Crippen molar-refractivity contribution in [3.63, 3.8) is 0 Å². The number of benzene rings is 7. The van der Waals surface area contributed by atoms with E-state index < -0.39 is 0 Å². The summed E-state index contributed by atoms with van der Waals surface area (Å²) in [4.78, 5) is 2.40. The van der Waals surface area contributed by atoms with Crippen LogP contribution in [0.5, 0.6) is 0 Å². The van der Waals surface area contributed by atoms with Crippen LogP contribution in [0.3, 0.4) is 0 Å². The zero-order chi connectivity index (χ0) is 37.4. The van der Waals surface area contributed by atoms with Gasteiger partial charge in [-0.3, -0.25) is 0 Å². The molecular formula is C54H47N. The molecule has 0 N–H and O–H groups in total. The zero-order valence-electron chi connectivity index (χ0n) is 31.8. The Morgan fingerprint density at radius 2 is 0.909 bits per heavy atom. The Bertz CT molecular complexity index is 2430. The summed E-state index contributed by atoms with van der Waals surface area (Å²) in [5.41, 5.74) is 18.6. The van der Waals surface area contributed by atoms with Crippen LogP contribution in [0, 0.1) is 13.8 Å². The molecular weight excluding hydrogens is 663 g/mol. The van der Waals surface area contributed by atoms with Gasteiger partial charge in [-0.1, -0.05) is 169 Å². The van der Waals surface area contributed by atoms with E-state index in [1.165, 1.54) is 86.2 Å². The fraction of sp³-hybridized carbons (Fsp3) is 0.111. The summed E-state index contributed by atoms with van der Waals surface area (Å²) in [5.74, 6) is 0. The number of rotatable bonds is 10. The first kappa shape index (κ1) is 35.6. The second kappa shape index (κ2) is 16.7. The summed E-state index contributed by atoms with van der Waals surface area (Å²) >= 11 is 0. The molecule has 7 aromatic rings. The van der Waals surface area contributed by atoms with Crippen LogP contribution in [0.25, 0.3) is 23.3 Å². The van der Waals surface area contributed by atoms with E-state index in [-0.39, 0.29) is 0 Å². The average Bonchev–Trinajstić information content (AvgIpc) is 3.24. The molecule has 8 rings (SSSR count). The van der Waals surface area contributed by atoms with Crippen LogP contribution in [0.4, 0.5) is 17.1 Å². The van der Waals surface area contributed by atoms with Gasteiger partial charge < -0.3 is 4.90 Å². The molecule has 0 heterocycles. The van der Waals surface area contributed by atoms with Gasteiger partial charge in [-0.2, -0.15) is 0 Å². The molecule has 0 fully saturated rings. The number of anilines is 3. The summed E-state index contributed by atoms with van der Waals surface area (Å²) in [6, 6.07) is 64.0. The van der Waals surface area contributed by atoms with Gasteiger partial charge >= 0.3 is 0 Å². The van der Waals surface area contributed by atoms with E-state index in [0.717, 1.165) is 23.4 Å². The normalized spacial score (nSPS) is 13.1. The van der Waals surface area contributed by atoms with Crippen molar-refractivity contribution < 1.29 is 0 Å². The lowest BCUT2D eigenvalue weighted by Gasteiger charge is -2.27. The van der Waals surface area contributed by atoms with Crippen molar-refractivity contribution >= 4 is 40.4 Å². The molecule has 0 bridgehead atoms. The van der Waals surface area contributed by atoms with Crippen LogP contribution < -0.4 is 4.90 Å². The maximum absolute atomic E-state index is 2.42. The van der Waals surface area contributed by atoms with Gasteiger partial charge in [0.2, 0.25) is 0 Å². The molecule has 0 amide bonds. The highest BCUT2D eigenvalue weighted by molar-refractivity contribution is 5.92. The van der Waals surface area contributed by atoms with Crippen molar-refractivity contribution in [1.29, 1.82) is 0 Å². The Balaban J connectivity index is 1.12. The minimum Gasteiger partial charge on any atom is -0.310 e. The number of fused-ring (bicyclic) bond motifs is 1. The summed E-state index contributed by atoms with van der Waals surface area (Å²) in [5, 5.41) is 0. The van der Waals surface area contributed by atoms with Gasteiger partial charge in [0.1, 0.15) is 0 Å². The minimum atomic E-state index is 1.14. The van der Waals surface area contributed by atoms with E-state index in [4.69, 9.17) is 0 Å². The first-order valence-corrected chi connectivity index (χ1v) is 19.5. The van der Waals surface area contributed by atoms with E-state index in [1.807, 2.05) is 0 Å². The van der Waals surface area contributed by atoms with Crippen molar-refractivity contribution in [1.82, 2.24) is 0 Å². The molecule has 1 aliphatic carbocycles. The maximum Gasteiger partial charge on any atom is 0.0464 e. The lowest BCUT2D eigenvalue weighted by Crippen LogP contribution is -2.12. The van der Waals surface area contributed by atoms with Crippen LogP contribution in [-0.4, -0.2) is 0 Å². The van der Waals surface area contributed by atoms with Crippen LogP contribution >= 0.6 is 0 Å². The van der Waals surface area contributed by atoms with Gasteiger partial charge in [0, 0.05) is 17.1 Å². The van der Waals surface area contributed by atoms with Gasteiger partial charge in [0.05, 0.1) is 0 Å². The summed E-state index contributed by atoms with van der Waals surface area (Å²) < 4.78 is 0. The number of nitrogens with zero attached hydrogens (tertiary/aromatic N) is 1. The summed E-state index contributed by atoms with van der Waals surface area (Å²) in [7, 11) is 0. The second-order valence-corrected chi connectivity index (χ2v) is 14.6. The Labute approximate surface area is 327 Å². The highest BCUT2D eigenvalue weighted by Gasteiger charge is 2.17. The van der Waals surface area contributed by atoms with Crippen LogP contribution in [0.1, 0.15) is 68.5 Å². The SMILES string of the molecule is Cc1ccc(C(=CC=Cc2ccc(N(c3ccc(C=C(c4ccccc4)c4ccc(C)cc4)cc3)c3ccc4c(c3)CCCC4)cc2)c2ccccc2)cc1. The largest absolute Gasteiger partial charge is 0.310 e. The zero-order valence-corrected chi connectivity index (χ0v) is 31.8. The van der Waals surface area contributed by atoms with Crippen molar-refractivity contribution in [2.75, 3.05) is 4.90 Å². The first-order valence-electron chi connectivity index (χ1n) is 19.5. The molecule has 1 heteroatoms. The second-order valence-electron chi connectivity index (χ2n) is 14.6. The van der Waals surface area contributed by atoms with Crippen molar-refractivity contribution in [3.05, 3.63) is 244 Å². The van der Waals surface area contributed by atoms with E-state index >= 15 is 0 Å². The number of aryl methyl sites for hydroxylation is 4.